The van der Waals surface area contributed by atoms with Crippen molar-refractivity contribution in [3.05, 3.63) is 82.1 Å². The summed E-state index contributed by atoms with van der Waals surface area (Å²) in [6, 6.07) is 17.2. The average molecular weight is 405 g/mol. The van der Waals surface area contributed by atoms with Crippen LogP contribution in [-0.2, 0) is 6.61 Å². The van der Waals surface area contributed by atoms with Gasteiger partial charge in [0.2, 0.25) is 0 Å². The molecule has 1 aliphatic heterocycles. The van der Waals surface area contributed by atoms with Gasteiger partial charge >= 0.3 is 0 Å². The third-order valence-electron chi connectivity index (χ3n) is 4.40. The zero-order valence-electron chi connectivity index (χ0n) is 16.0. The van der Waals surface area contributed by atoms with Crippen LogP contribution in [0.2, 0.25) is 0 Å². The molecule has 0 spiro atoms. The molecule has 4 rings (SSSR count). The summed E-state index contributed by atoms with van der Waals surface area (Å²) >= 11 is 1.14. The maximum atomic E-state index is 11.8. The van der Waals surface area contributed by atoms with Crippen molar-refractivity contribution in [3.8, 4) is 5.75 Å². The normalized spacial score (nSPS) is 16.4. The number of amides is 1. The number of amidine groups is 1. The van der Waals surface area contributed by atoms with Crippen LogP contribution in [-0.4, -0.2) is 16.2 Å². The van der Waals surface area contributed by atoms with E-state index in [9.17, 15) is 4.79 Å². The number of nitrogens with zero attached hydrogens (tertiary/aromatic N) is 2. The first kappa shape index (κ1) is 19.0. The van der Waals surface area contributed by atoms with Crippen LogP contribution in [0.5, 0.6) is 5.75 Å². The third kappa shape index (κ3) is 4.57. The van der Waals surface area contributed by atoms with Crippen LogP contribution in [0.15, 0.2) is 69.0 Å². The Hall–Kier alpha value is -3.32. The van der Waals surface area contributed by atoms with Gasteiger partial charge in [0, 0.05) is 0 Å². The minimum Gasteiger partial charge on any atom is -0.489 e. The standard InChI is InChI=1S/C22H19N3O3S/c1-14-19(15(2)28-25-14)13-27-18-10-8-16(9-11-18)12-20-21(24-22(26)29-20)23-17-6-4-3-5-7-17/h3-12H,13H2,1-2H3,(H,23,24,26). The number of carbonyl (C=O) groups excluding carboxylic acids is 1. The number of thioether (sulfide) groups is 1. The number of aryl methyl sites for hydroxylation is 2. The van der Waals surface area contributed by atoms with Crippen LogP contribution in [0.4, 0.5) is 10.5 Å². The Morgan fingerprint density at radius 1 is 1.14 bits per heavy atom. The Labute approximate surface area is 172 Å². The number of para-hydroxylation sites is 1. The van der Waals surface area contributed by atoms with Crippen LogP contribution in [0.1, 0.15) is 22.6 Å². The summed E-state index contributed by atoms with van der Waals surface area (Å²) in [6.45, 7) is 4.18. The lowest BCUT2D eigenvalue weighted by atomic mass is 10.2. The van der Waals surface area contributed by atoms with Crippen molar-refractivity contribution in [2.75, 3.05) is 0 Å². The Balaban J connectivity index is 1.49. The molecule has 29 heavy (non-hydrogen) atoms. The van der Waals surface area contributed by atoms with Crippen molar-refractivity contribution >= 4 is 34.6 Å². The zero-order valence-corrected chi connectivity index (χ0v) is 16.8. The molecule has 1 N–H and O–H groups in total. The van der Waals surface area contributed by atoms with E-state index in [-0.39, 0.29) is 5.24 Å². The van der Waals surface area contributed by atoms with Crippen LogP contribution in [0, 0.1) is 13.8 Å². The third-order valence-corrected chi connectivity index (χ3v) is 5.21. The molecule has 2 aromatic carbocycles. The van der Waals surface area contributed by atoms with Crippen molar-refractivity contribution in [3.63, 3.8) is 0 Å². The van der Waals surface area contributed by atoms with Gasteiger partial charge < -0.3 is 14.6 Å². The monoisotopic (exact) mass is 405 g/mol. The molecule has 1 aliphatic rings. The highest BCUT2D eigenvalue weighted by Crippen LogP contribution is 2.29. The summed E-state index contributed by atoms with van der Waals surface area (Å²) in [5.74, 6) is 2.08. The topological polar surface area (TPSA) is 76.7 Å². The predicted molar refractivity (Wildman–Crippen MR) is 114 cm³/mol. The first-order chi connectivity index (χ1) is 14.1. The van der Waals surface area contributed by atoms with Gasteiger partial charge in [-0.2, -0.15) is 0 Å². The van der Waals surface area contributed by atoms with Gasteiger partial charge in [0.1, 0.15) is 24.0 Å². The average Bonchev–Trinajstić information content (AvgIpc) is 3.23. The Bertz CT molecular complexity index is 1070. The molecule has 1 aromatic heterocycles. The maximum Gasteiger partial charge on any atom is 0.289 e. The molecule has 1 amide bonds. The van der Waals surface area contributed by atoms with Gasteiger partial charge in [-0.25, -0.2) is 4.99 Å². The van der Waals surface area contributed by atoms with E-state index in [1.165, 1.54) is 0 Å². The van der Waals surface area contributed by atoms with Crippen molar-refractivity contribution in [2.45, 2.75) is 20.5 Å². The number of hydrogen-bond donors (Lipinski definition) is 1. The first-order valence-electron chi connectivity index (χ1n) is 9.08. The fourth-order valence-electron chi connectivity index (χ4n) is 2.82. The highest BCUT2D eigenvalue weighted by Gasteiger charge is 2.23. The lowest BCUT2D eigenvalue weighted by Crippen LogP contribution is -2.18. The second-order valence-corrected chi connectivity index (χ2v) is 7.49. The van der Waals surface area contributed by atoms with Gasteiger partial charge in [-0.15, -0.1) is 0 Å². The fraction of sp³-hybridized carbons (Fsp3) is 0.136. The minimum absolute atomic E-state index is 0.134. The number of hydrogen-bond acceptors (Lipinski definition) is 6. The van der Waals surface area contributed by atoms with Crippen LogP contribution >= 0.6 is 11.8 Å². The number of ether oxygens (including phenoxy) is 1. The number of benzene rings is 2. The van der Waals surface area contributed by atoms with E-state index in [1.54, 1.807) is 0 Å². The highest BCUT2D eigenvalue weighted by atomic mass is 32.2. The fourth-order valence-corrected chi connectivity index (χ4v) is 3.56. The molecule has 2 heterocycles. The van der Waals surface area contributed by atoms with Crippen LogP contribution in [0.3, 0.4) is 0 Å². The number of carbonyl (C=O) groups is 1. The lowest BCUT2D eigenvalue weighted by Gasteiger charge is -2.06. The summed E-state index contributed by atoms with van der Waals surface area (Å²) < 4.78 is 11.0. The molecule has 1 saturated heterocycles. The summed E-state index contributed by atoms with van der Waals surface area (Å²) in [4.78, 5) is 17.2. The minimum atomic E-state index is -0.134. The molecule has 0 unspecified atom stereocenters. The van der Waals surface area contributed by atoms with Crippen molar-refractivity contribution in [1.29, 1.82) is 0 Å². The van der Waals surface area contributed by atoms with E-state index in [2.05, 4.69) is 15.5 Å². The Morgan fingerprint density at radius 3 is 2.59 bits per heavy atom. The molecule has 7 heteroatoms. The van der Waals surface area contributed by atoms with E-state index in [4.69, 9.17) is 9.26 Å². The van der Waals surface area contributed by atoms with Gasteiger partial charge in [-0.3, -0.25) is 4.79 Å². The summed E-state index contributed by atoms with van der Waals surface area (Å²) in [5.41, 5.74) is 3.54. The molecular formula is C22H19N3O3S. The molecule has 6 nitrogen and oxygen atoms in total. The van der Waals surface area contributed by atoms with E-state index in [0.29, 0.717) is 12.4 Å². The highest BCUT2D eigenvalue weighted by molar-refractivity contribution is 8.18. The smallest absolute Gasteiger partial charge is 0.289 e. The van der Waals surface area contributed by atoms with E-state index >= 15 is 0 Å². The second kappa shape index (κ2) is 8.36. The quantitative estimate of drug-likeness (QED) is 0.615. The zero-order chi connectivity index (χ0) is 20.2. The molecule has 3 aromatic rings. The molecule has 0 bridgehead atoms. The molecule has 0 saturated carbocycles. The number of aromatic nitrogens is 1. The molecule has 0 radical (unpaired) electrons. The predicted octanol–water partition coefficient (Wildman–Crippen LogP) is 5.40. The first-order valence-corrected chi connectivity index (χ1v) is 9.89. The SMILES string of the molecule is Cc1noc(C)c1COc1ccc(C=C2SC(=O)NC2=Nc2ccccc2)cc1. The summed E-state index contributed by atoms with van der Waals surface area (Å²) in [6.07, 6.45) is 1.93. The number of nitrogens with one attached hydrogen (secondary N) is 1. The molecule has 146 valence electrons. The van der Waals surface area contributed by atoms with E-state index in [1.807, 2.05) is 74.5 Å². The molecule has 0 aliphatic carbocycles. The molecule has 1 fully saturated rings. The van der Waals surface area contributed by atoms with E-state index in [0.717, 1.165) is 50.7 Å². The van der Waals surface area contributed by atoms with Crippen LogP contribution in [0.25, 0.3) is 6.08 Å². The molecule has 0 atom stereocenters. The second-order valence-electron chi connectivity index (χ2n) is 6.48. The summed E-state index contributed by atoms with van der Waals surface area (Å²) in [7, 11) is 0. The Morgan fingerprint density at radius 2 is 1.90 bits per heavy atom. The van der Waals surface area contributed by atoms with E-state index < -0.39 is 0 Å². The molecular weight excluding hydrogens is 386 g/mol. The maximum absolute atomic E-state index is 11.8. The van der Waals surface area contributed by atoms with Gasteiger partial charge in [-0.05, 0) is 61.5 Å². The van der Waals surface area contributed by atoms with Gasteiger partial charge in [0.15, 0.2) is 0 Å². The van der Waals surface area contributed by atoms with Crippen LogP contribution < -0.4 is 10.1 Å². The van der Waals surface area contributed by atoms with Crippen molar-refractivity contribution in [2.24, 2.45) is 4.99 Å². The number of aliphatic imine (C=N–C) groups is 1. The Kier molecular flexibility index (Phi) is 5.48. The lowest BCUT2D eigenvalue weighted by molar-refractivity contribution is 0.265. The van der Waals surface area contributed by atoms with Crippen molar-refractivity contribution in [1.82, 2.24) is 10.5 Å². The largest absolute Gasteiger partial charge is 0.489 e. The van der Waals surface area contributed by atoms with Crippen molar-refractivity contribution < 1.29 is 14.1 Å². The van der Waals surface area contributed by atoms with Gasteiger partial charge in [0.25, 0.3) is 5.24 Å². The summed E-state index contributed by atoms with van der Waals surface area (Å²) in [5, 5.41) is 6.60. The van der Waals surface area contributed by atoms with Gasteiger partial charge in [0.05, 0.1) is 21.8 Å². The number of rotatable bonds is 5. The van der Waals surface area contributed by atoms with Gasteiger partial charge in [-0.1, -0.05) is 35.5 Å².